The van der Waals surface area contributed by atoms with Crippen molar-refractivity contribution in [3.05, 3.63) is 92.6 Å². The summed E-state index contributed by atoms with van der Waals surface area (Å²) >= 11 is 6.23. The summed E-state index contributed by atoms with van der Waals surface area (Å²) in [5.74, 6) is -8.38. The summed E-state index contributed by atoms with van der Waals surface area (Å²) in [7, 11) is 0. The van der Waals surface area contributed by atoms with Crippen molar-refractivity contribution in [2.24, 2.45) is 0 Å². The quantitative estimate of drug-likeness (QED) is 0.158. The zero-order valence-corrected chi connectivity index (χ0v) is 21.7. The molecule has 0 bridgehead atoms. The van der Waals surface area contributed by atoms with E-state index in [1.807, 2.05) is 0 Å². The van der Waals surface area contributed by atoms with E-state index in [0.717, 1.165) is 24.3 Å². The Morgan fingerprint density at radius 1 is 1.07 bits per heavy atom. The molecule has 1 aliphatic heterocycles. The molecule has 2 amide bonds. The molecule has 1 aliphatic rings. The largest absolute Gasteiger partial charge is 0.416 e. The molecule has 5 rings (SSSR count). The standard InChI is InChI=1S/C26H16ClF7N4O5/c27-14-2-1-11(28)6-13(14)21-18-15(35-23(39)9-3-10(25(32,33)34)5-12(29)4-9)7-16-19(20(18)24(40)36-21)22(26(41,42)43)37-38(16)8-17(30)31/h1-7,17,21,41-43H,8H2,(H,35,39)(H,36,40). The molecule has 0 aliphatic carbocycles. The highest BCUT2D eigenvalue weighted by molar-refractivity contribution is 6.31. The number of amides is 2. The minimum atomic E-state index is -5.03. The molecule has 3 aromatic carbocycles. The summed E-state index contributed by atoms with van der Waals surface area (Å²) in [6, 6.07) is 3.52. The molecule has 0 saturated carbocycles. The molecule has 2 heterocycles. The average Bonchev–Trinajstić information content (AvgIpc) is 3.42. The maximum Gasteiger partial charge on any atom is 0.416 e. The maximum absolute atomic E-state index is 14.2. The Kier molecular flexibility index (Phi) is 7.36. The molecule has 0 saturated heterocycles. The van der Waals surface area contributed by atoms with Gasteiger partial charge in [0.05, 0.1) is 22.7 Å². The van der Waals surface area contributed by atoms with Crippen LogP contribution >= 0.6 is 11.6 Å². The molecule has 0 radical (unpaired) electrons. The first-order valence-corrected chi connectivity index (χ1v) is 12.3. The highest BCUT2D eigenvalue weighted by Gasteiger charge is 2.41. The van der Waals surface area contributed by atoms with Crippen molar-refractivity contribution >= 4 is 40.0 Å². The first kappa shape index (κ1) is 30.2. The summed E-state index contributed by atoms with van der Waals surface area (Å²) in [6.07, 6.45) is -8.13. The van der Waals surface area contributed by atoms with Crippen LogP contribution in [0.4, 0.5) is 36.4 Å². The predicted molar refractivity (Wildman–Crippen MR) is 134 cm³/mol. The second-order valence-electron chi connectivity index (χ2n) is 9.42. The maximum atomic E-state index is 14.2. The molecule has 0 spiro atoms. The number of carbonyl (C=O) groups is 2. The Hall–Kier alpha value is -4.25. The van der Waals surface area contributed by atoms with Crippen molar-refractivity contribution in [1.29, 1.82) is 0 Å². The number of anilines is 1. The lowest BCUT2D eigenvalue weighted by molar-refractivity contribution is -0.325. The van der Waals surface area contributed by atoms with Crippen LogP contribution in [0.1, 0.15) is 49.1 Å². The monoisotopic (exact) mass is 632 g/mol. The minimum absolute atomic E-state index is 0.0986. The SMILES string of the molecule is O=C(Nc1cc2c(c(C(O)(O)O)nn2CC(F)F)c2c1C(c1cc(F)ccc1Cl)NC2=O)c1cc(F)cc(C(F)(F)F)c1. The number of fused-ring (bicyclic) bond motifs is 3. The number of benzene rings is 3. The van der Waals surface area contributed by atoms with E-state index < -0.39 is 93.6 Å². The lowest BCUT2D eigenvalue weighted by Crippen LogP contribution is -2.26. The van der Waals surface area contributed by atoms with Crippen LogP contribution in [0.5, 0.6) is 0 Å². The molecule has 0 fully saturated rings. The highest BCUT2D eigenvalue weighted by Crippen LogP contribution is 2.45. The topological polar surface area (TPSA) is 137 Å². The van der Waals surface area contributed by atoms with E-state index in [2.05, 4.69) is 15.7 Å². The number of hydrogen-bond donors (Lipinski definition) is 5. The van der Waals surface area contributed by atoms with E-state index in [0.29, 0.717) is 16.8 Å². The molecule has 9 nitrogen and oxygen atoms in total. The normalized spacial score (nSPS) is 15.3. The van der Waals surface area contributed by atoms with Crippen LogP contribution in [-0.2, 0) is 18.7 Å². The van der Waals surface area contributed by atoms with Gasteiger partial charge in [0.2, 0.25) is 0 Å². The first-order valence-electron chi connectivity index (χ1n) is 11.9. The van der Waals surface area contributed by atoms with Gasteiger partial charge in [-0.1, -0.05) is 11.6 Å². The lowest BCUT2D eigenvalue weighted by atomic mass is 9.93. The number of nitrogens with zero attached hydrogens (tertiary/aromatic N) is 2. The molecule has 5 N–H and O–H groups in total. The van der Waals surface area contributed by atoms with Crippen LogP contribution in [0.15, 0.2) is 42.5 Å². The van der Waals surface area contributed by atoms with E-state index in [9.17, 15) is 55.6 Å². The Balaban J connectivity index is 1.79. The Morgan fingerprint density at radius 3 is 2.40 bits per heavy atom. The Morgan fingerprint density at radius 2 is 1.77 bits per heavy atom. The van der Waals surface area contributed by atoms with Gasteiger partial charge in [-0.25, -0.2) is 17.6 Å². The van der Waals surface area contributed by atoms with Crippen molar-refractivity contribution in [1.82, 2.24) is 15.1 Å². The number of aliphatic hydroxyl groups is 3. The van der Waals surface area contributed by atoms with Crippen LogP contribution in [0.3, 0.4) is 0 Å². The van der Waals surface area contributed by atoms with Gasteiger partial charge in [0.25, 0.3) is 18.2 Å². The molecule has 1 unspecified atom stereocenters. The van der Waals surface area contributed by atoms with E-state index >= 15 is 0 Å². The van der Waals surface area contributed by atoms with E-state index in [4.69, 9.17) is 11.6 Å². The summed E-state index contributed by atoms with van der Waals surface area (Å²) in [6.45, 7) is -1.21. The van der Waals surface area contributed by atoms with Gasteiger partial charge in [0, 0.05) is 32.8 Å². The van der Waals surface area contributed by atoms with Gasteiger partial charge >= 0.3 is 12.1 Å². The third-order valence-electron chi connectivity index (χ3n) is 6.51. The summed E-state index contributed by atoms with van der Waals surface area (Å²) in [5.41, 5.74) is -5.20. The molecular weight excluding hydrogens is 617 g/mol. The summed E-state index contributed by atoms with van der Waals surface area (Å²) < 4.78 is 95.4. The molecule has 4 aromatic rings. The Bertz CT molecular complexity index is 1800. The van der Waals surface area contributed by atoms with Crippen LogP contribution < -0.4 is 10.6 Å². The second-order valence-corrected chi connectivity index (χ2v) is 9.82. The highest BCUT2D eigenvalue weighted by atomic mass is 35.5. The van der Waals surface area contributed by atoms with Crippen molar-refractivity contribution in [3.63, 3.8) is 0 Å². The number of carbonyl (C=O) groups excluding carboxylic acids is 2. The summed E-state index contributed by atoms with van der Waals surface area (Å²) in [4.78, 5) is 26.5. The number of alkyl halides is 5. The van der Waals surface area contributed by atoms with Gasteiger partial charge < -0.3 is 26.0 Å². The van der Waals surface area contributed by atoms with Crippen molar-refractivity contribution < 1.29 is 55.6 Å². The van der Waals surface area contributed by atoms with Crippen molar-refractivity contribution in [3.8, 4) is 0 Å². The molecule has 43 heavy (non-hydrogen) atoms. The van der Waals surface area contributed by atoms with Crippen LogP contribution in [0.25, 0.3) is 10.9 Å². The molecule has 1 atom stereocenters. The predicted octanol–water partition coefficient (Wildman–Crippen LogP) is 4.42. The van der Waals surface area contributed by atoms with Crippen LogP contribution in [0, 0.1) is 11.6 Å². The summed E-state index contributed by atoms with van der Waals surface area (Å²) in [5, 5.41) is 37.4. The number of nitrogens with one attached hydrogen (secondary N) is 2. The van der Waals surface area contributed by atoms with Gasteiger partial charge in [0.1, 0.15) is 18.2 Å². The van der Waals surface area contributed by atoms with Crippen LogP contribution in [-0.4, -0.2) is 43.3 Å². The fraction of sp³-hybridized carbons (Fsp3) is 0.192. The fourth-order valence-electron chi connectivity index (χ4n) is 4.82. The first-order chi connectivity index (χ1) is 20.0. The molecule has 226 valence electrons. The van der Waals surface area contributed by atoms with Crippen LogP contribution in [0.2, 0.25) is 5.02 Å². The molecular formula is C26H16ClF7N4O5. The van der Waals surface area contributed by atoms with E-state index in [1.165, 1.54) is 0 Å². The Labute approximate surface area is 240 Å². The second kappa shape index (κ2) is 10.5. The van der Waals surface area contributed by atoms with E-state index in [-0.39, 0.29) is 22.2 Å². The molecule has 17 heteroatoms. The zero-order valence-electron chi connectivity index (χ0n) is 21.0. The van der Waals surface area contributed by atoms with Gasteiger partial charge in [-0.05, 0) is 42.5 Å². The number of aromatic nitrogens is 2. The lowest BCUT2D eigenvalue weighted by Gasteiger charge is -2.19. The third-order valence-corrected chi connectivity index (χ3v) is 6.85. The van der Waals surface area contributed by atoms with E-state index in [1.54, 1.807) is 0 Å². The number of hydrogen-bond acceptors (Lipinski definition) is 6. The number of halogens is 8. The van der Waals surface area contributed by atoms with Crippen molar-refractivity contribution in [2.75, 3.05) is 5.32 Å². The van der Waals surface area contributed by atoms with Gasteiger partial charge in [-0.15, -0.1) is 0 Å². The fourth-order valence-corrected chi connectivity index (χ4v) is 5.05. The minimum Gasteiger partial charge on any atom is -0.341 e. The number of rotatable bonds is 6. The van der Waals surface area contributed by atoms with Gasteiger partial charge in [-0.3, -0.25) is 14.3 Å². The average molecular weight is 633 g/mol. The van der Waals surface area contributed by atoms with Gasteiger partial charge in [0.15, 0.2) is 5.69 Å². The smallest absolute Gasteiger partial charge is 0.341 e. The van der Waals surface area contributed by atoms with Gasteiger partial charge in [-0.2, -0.15) is 18.3 Å². The zero-order chi connectivity index (χ0) is 31.6. The third kappa shape index (κ3) is 5.61. The van der Waals surface area contributed by atoms with Crippen molar-refractivity contribution in [2.45, 2.75) is 31.2 Å². The molecule has 1 aromatic heterocycles.